The van der Waals surface area contributed by atoms with Gasteiger partial charge in [0.25, 0.3) is 0 Å². The Labute approximate surface area is 173 Å². The molecule has 0 aromatic heterocycles. The molecule has 198 valence electrons. The van der Waals surface area contributed by atoms with Crippen LogP contribution in [-0.2, 0) is 8.85 Å². The van der Waals surface area contributed by atoms with Crippen LogP contribution in [0.2, 0.25) is 0 Å². The lowest BCUT2D eigenvalue weighted by Crippen LogP contribution is -2.61. The van der Waals surface area contributed by atoms with Crippen LogP contribution < -0.4 is 0 Å². The van der Waals surface area contributed by atoms with E-state index < -0.39 is 83.9 Å². The Morgan fingerprint density at radius 1 is 0.394 bits per heavy atom. The van der Waals surface area contributed by atoms with Crippen molar-refractivity contribution in [1.82, 2.24) is 0 Å². The molecule has 0 fully saturated rings. The first-order chi connectivity index (χ1) is 14.2. The van der Waals surface area contributed by atoms with Gasteiger partial charge in [0.15, 0.2) is 0 Å². The van der Waals surface area contributed by atoms with Gasteiger partial charge in [-0.3, -0.25) is 0 Å². The van der Waals surface area contributed by atoms with Gasteiger partial charge in [-0.05, 0) is 0 Å². The highest BCUT2D eigenvalue weighted by atomic mass is 28.3. The van der Waals surface area contributed by atoms with Crippen molar-refractivity contribution in [3.05, 3.63) is 0 Å². The van der Waals surface area contributed by atoms with Gasteiger partial charge in [0.2, 0.25) is 0 Å². The molecular formula is C12H8F18O2Si. The number of alkyl halides is 18. The highest BCUT2D eigenvalue weighted by molar-refractivity contribution is 6.17. The Kier molecular flexibility index (Phi) is 9.17. The molecule has 0 atom stereocenters. The minimum absolute atomic E-state index is 1.78. The summed E-state index contributed by atoms with van der Waals surface area (Å²) in [6.07, 6.45) is -19.2. The van der Waals surface area contributed by atoms with Crippen LogP contribution in [0.1, 0.15) is 12.8 Å². The zero-order chi connectivity index (χ0) is 26.9. The van der Waals surface area contributed by atoms with E-state index in [9.17, 15) is 79.0 Å². The Morgan fingerprint density at radius 2 is 0.636 bits per heavy atom. The predicted molar refractivity (Wildman–Crippen MR) is 68.7 cm³/mol. The molecule has 21 heteroatoms. The van der Waals surface area contributed by atoms with Crippen molar-refractivity contribution in [1.29, 1.82) is 0 Å². The third kappa shape index (κ3) is 6.12. The maximum absolute atomic E-state index is 13.1. The van der Waals surface area contributed by atoms with Gasteiger partial charge in [-0.1, -0.05) is 0 Å². The lowest BCUT2D eigenvalue weighted by atomic mass is 10.0. The highest BCUT2D eigenvalue weighted by Gasteiger charge is 2.82. The molecule has 0 heterocycles. The second kappa shape index (κ2) is 9.50. The minimum atomic E-state index is -7.18. The van der Waals surface area contributed by atoms with E-state index in [1.165, 1.54) is 0 Å². The van der Waals surface area contributed by atoms with Gasteiger partial charge in [0.05, 0.1) is 0 Å². The number of hydrogen-bond acceptors (Lipinski definition) is 2. The standard InChI is InChI=1S/C12H8F18O2Si/c13-5(14,7(17,18)9(21,22)11(25,26)27)1-3-31-33-32-4-2-6(15,16)8(19,20)10(23,24)12(28,29)30/h1-4H2. The summed E-state index contributed by atoms with van der Waals surface area (Å²) < 4.78 is 233. The summed E-state index contributed by atoms with van der Waals surface area (Å²) in [5, 5.41) is 0. The molecule has 0 bridgehead atoms. The van der Waals surface area contributed by atoms with Crippen molar-refractivity contribution < 1.29 is 87.9 Å². The SMILES string of the molecule is FC(F)(F)C(F)(F)C(F)(F)C(F)(F)CCO[Si]OCCC(F)(F)C(F)(F)C(F)(F)C(F)(F)F. The summed E-state index contributed by atoms with van der Waals surface area (Å²) in [5.74, 6) is -40.4. The van der Waals surface area contributed by atoms with E-state index >= 15 is 0 Å². The summed E-state index contributed by atoms with van der Waals surface area (Å²) in [7, 11) is -1.85. The fourth-order valence-electron chi connectivity index (χ4n) is 1.61. The Bertz CT molecular complexity index is 585. The van der Waals surface area contributed by atoms with Crippen LogP contribution in [0.15, 0.2) is 0 Å². The Morgan fingerprint density at radius 3 is 0.848 bits per heavy atom. The van der Waals surface area contributed by atoms with E-state index in [-0.39, 0.29) is 0 Å². The number of rotatable bonds is 12. The average molecular weight is 554 g/mol. The van der Waals surface area contributed by atoms with Gasteiger partial charge in [0, 0.05) is 26.1 Å². The van der Waals surface area contributed by atoms with Crippen molar-refractivity contribution in [2.45, 2.75) is 60.7 Å². The number of hydrogen-bond donors (Lipinski definition) is 0. The van der Waals surface area contributed by atoms with Crippen LogP contribution in [0.4, 0.5) is 79.0 Å². The van der Waals surface area contributed by atoms with E-state index in [1.807, 2.05) is 0 Å². The second-order valence-corrected chi connectivity index (χ2v) is 6.73. The summed E-state index contributed by atoms with van der Waals surface area (Å²) in [4.78, 5) is 0. The summed E-state index contributed by atoms with van der Waals surface area (Å²) >= 11 is 0. The summed E-state index contributed by atoms with van der Waals surface area (Å²) in [6.45, 7) is -3.57. The molecule has 0 N–H and O–H groups in total. The van der Waals surface area contributed by atoms with E-state index in [0.717, 1.165) is 0 Å². The van der Waals surface area contributed by atoms with Crippen molar-refractivity contribution in [2.24, 2.45) is 0 Å². The number of halogens is 18. The van der Waals surface area contributed by atoms with Crippen LogP contribution in [0.3, 0.4) is 0 Å². The molecule has 0 aliphatic heterocycles. The van der Waals surface area contributed by atoms with Crippen LogP contribution in [0, 0.1) is 0 Å². The van der Waals surface area contributed by atoms with E-state index in [2.05, 4.69) is 8.85 Å². The zero-order valence-electron chi connectivity index (χ0n) is 14.9. The first-order valence-electron chi connectivity index (χ1n) is 7.59. The first-order valence-corrected chi connectivity index (χ1v) is 8.41. The van der Waals surface area contributed by atoms with E-state index in [0.29, 0.717) is 0 Å². The lowest BCUT2D eigenvalue weighted by Gasteiger charge is -2.33. The van der Waals surface area contributed by atoms with Crippen molar-refractivity contribution >= 4 is 10.0 Å². The lowest BCUT2D eigenvalue weighted by molar-refractivity contribution is -0.397. The summed E-state index contributed by atoms with van der Waals surface area (Å²) in [5.41, 5.74) is 0. The Balaban J connectivity index is 4.77. The molecule has 33 heavy (non-hydrogen) atoms. The average Bonchev–Trinajstić information content (AvgIpc) is 2.58. The summed E-state index contributed by atoms with van der Waals surface area (Å²) in [6, 6.07) is 0. The molecule has 0 aromatic rings. The van der Waals surface area contributed by atoms with Crippen LogP contribution in [-0.4, -0.2) is 71.1 Å². The van der Waals surface area contributed by atoms with Crippen LogP contribution in [0.5, 0.6) is 0 Å². The normalized spacial score (nSPS) is 15.8. The van der Waals surface area contributed by atoms with Gasteiger partial charge in [-0.15, -0.1) is 0 Å². The van der Waals surface area contributed by atoms with E-state index in [1.54, 1.807) is 0 Å². The van der Waals surface area contributed by atoms with E-state index in [4.69, 9.17) is 0 Å². The zero-order valence-corrected chi connectivity index (χ0v) is 15.9. The van der Waals surface area contributed by atoms with Gasteiger partial charge < -0.3 is 8.85 Å². The third-order valence-electron chi connectivity index (χ3n) is 3.57. The largest absolute Gasteiger partial charge is 0.460 e. The molecule has 0 spiro atoms. The molecule has 0 saturated heterocycles. The highest BCUT2D eigenvalue weighted by Crippen LogP contribution is 2.55. The molecule has 0 aromatic carbocycles. The topological polar surface area (TPSA) is 18.5 Å². The fourth-order valence-corrected chi connectivity index (χ4v) is 2.07. The molecule has 2 nitrogen and oxygen atoms in total. The van der Waals surface area contributed by atoms with Gasteiger partial charge in [0.1, 0.15) is 0 Å². The minimum Gasteiger partial charge on any atom is -0.392 e. The molecule has 0 saturated carbocycles. The molecular weight excluding hydrogens is 546 g/mol. The van der Waals surface area contributed by atoms with Crippen molar-refractivity contribution in [3.8, 4) is 0 Å². The molecule has 2 radical (unpaired) electrons. The van der Waals surface area contributed by atoms with Gasteiger partial charge >= 0.3 is 57.9 Å². The Hall–Kier alpha value is -1.12. The first kappa shape index (κ1) is 31.9. The van der Waals surface area contributed by atoms with Crippen molar-refractivity contribution in [3.63, 3.8) is 0 Å². The maximum Gasteiger partial charge on any atom is 0.460 e. The predicted octanol–water partition coefficient (Wildman–Crippen LogP) is 6.27. The second-order valence-electron chi connectivity index (χ2n) is 5.98. The molecule has 0 rings (SSSR count). The molecule has 0 aliphatic carbocycles. The smallest absolute Gasteiger partial charge is 0.392 e. The monoisotopic (exact) mass is 554 g/mol. The third-order valence-corrected chi connectivity index (χ3v) is 4.22. The fraction of sp³-hybridized carbons (Fsp3) is 1.00. The van der Waals surface area contributed by atoms with Crippen LogP contribution >= 0.6 is 0 Å². The molecule has 0 aliphatic rings. The molecule has 0 amide bonds. The quantitative estimate of drug-likeness (QED) is 0.161. The van der Waals surface area contributed by atoms with Crippen molar-refractivity contribution in [2.75, 3.05) is 13.2 Å². The van der Waals surface area contributed by atoms with Crippen LogP contribution in [0.25, 0.3) is 0 Å². The molecule has 0 unspecified atom stereocenters. The van der Waals surface area contributed by atoms with Gasteiger partial charge in [-0.25, -0.2) is 0 Å². The van der Waals surface area contributed by atoms with Gasteiger partial charge in [-0.2, -0.15) is 79.0 Å². The maximum atomic E-state index is 13.1.